The molecule has 0 aliphatic carbocycles. The van der Waals surface area contributed by atoms with Crippen LogP contribution >= 0.6 is 11.6 Å². The lowest BCUT2D eigenvalue weighted by molar-refractivity contribution is 0.518. The summed E-state index contributed by atoms with van der Waals surface area (Å²) in [5.41, 5.74) is 1.15. The van der Waals surface area contributed by atoms with E-state index in [1.165, 1.54) is 12.1 Å². The van der Waals surface area contributed by atoms with Crippen molar-refractivity contribution in [3.05, 3.63) is 35.6 Å². The molecule has 1 unspecified atom stereocenters. The maximum Gasteiger partial charge on any atom is 0.123 e. The fraction of sp³-hybridized carbons (Fsp3) is 0.538. The summed E-state index contributed by atoms with van der Waals surface area (Å²) < 4.78 is 12.7. The van der Waals surface area contributed by atoms with Crippen LogP contribution in [0.1, 0.15) is 38.2 Å². The van der Waals surface area contributed by atoms with Crippen LogP contribution in [0.4, 0.5) is 4.39 Å². The quantitative estimate of drug-likeness (QED) is 0.647. The molecule has 0 spiro atoms. The molecule has 0 heterocycles. The van der Waals surface area contributed by atoms with E-state index in [1.54, 1.807) is 0 Å². The van der Waals surface area contributed by atoms with Gasteiger partial charge >= 0.3 is 0 Å². The summed E-state index contributed by atoms with van der Waals surface area (Å²) in [7, 11) is 0. The highest BCUT2D eigenvalue weighted by atomic mass is 35.5. The van der Waals surface area contributed by atoms with Crippen LogP contribution in [-0.4, -0.2) is 5.88 Å². The smallest absolute Gasteiger partial charge is 0.123 e. The molecule has 1 rings (SSSR count). The summed E-state index contributed by atoms with van der Waals surface area (Å²) in [6.07, 6.45) is 2.24. The molecule has 1 aromatic rings. The van der Waals surface area contributed by atoms with Gasteiger partial charge in [-0.05, 0) is 36.0 Å². The third kappa shape index (κ3) is 4.21. The first-order valence-electron chi connectivity index (χ1n) is 5.45. The normalized spacial score (nSPS) is 13.1. The van der Waals surface area contributed by atoms with Gasteiger partial charge in [0.25, 0.3) is 0 Å². The van der Waals surface area contributed by atoms with Crippen molar-refractivity contribution in [2.75, 3.05) is 5.88 Å². The minimum atomic E-state index is -0.184. The molecule has 0 aromatic heterocycles. The fourth-order valence-corrected chi connectivity index (χ4v) is 1.93. The Morgan fingerprint density at radius 1 is 1.13 bits per heavy atom. The third-order valence-corrected chi connectivity index (χ3v) is 2.99. The number of alkyl halides is 1. The number of hydrogen-bond acceptors (Lipinski definition) is 0. The minimum absolute atomic E-state index is 0.184. The lowest BCUT2D eigenvalue weighted by Crippen LogP contribution is -2.02. The molecule has 0 nitrogen and oxygen atoms in total. The monoisotopic (exact) mass is 228 g/mol. The molecule has 0 aliphatic rings. The van der Waals surface area contributed by atoms with E-state index in [4.69, 9.17) is 11.6 Å². The topological polar surface area (TPSA) is 0 Å². The van der Waals surface area contributed by atoms with Crippen molar-refractivity contribution in [1.82, 2.24) is 0 Å². The van der Waals surface area contributed by atoms with Crippen molar-refractivity contribution in [3.63, 3.8) is 0 Å². The zero-order valence-electron chi connectivity index (χ0n) is 9.34. The average molecular weight is 229 g/mol. The minimum Gasteiger partial charge on any atom is -0.207 e. The first-order valence-corrected chi connectivity index (χ1v) is 5.98. The van der Waals surface area contributed by atoms with Crippen LogP contribution < -0.4 is 0 Å². The first-order chi connectivity index (χ1) is 7.13. The van der Waals surface area contributed by atoms with Crippen molar-refractivity contribution in [2.24, 2.45) is 5.92 Å². The van der Waals surface area contributed by atoms with E-state index >= 15 is 0 Å². The summed E-state index contributed by atoms with van der Waals surface area (Å²) in [6, 6.07) is 6.68. The van der Waals surface area contributed by atoms with Crippen LogP contribution in [0.3, 0.4) is 0 Å². The van der Waals surface area contributed by atoms with Gasteiger partial charge in [-0.3, -0.25) is 0 Å². The lowest BCUT2D eigenvalue weighted by Gasteiger charge is -2.15. The van der Waals surface area contributed by atoms with E-state index in [0.29, 0.717) is 17.7 Å². The maximum absolute atomic E-state index is 12.7. The number of halogens is 2. The molecule has 1 atom stereocenters. The third-order valence-electron chi connectivity index (χ3n) is 2.62. The zero-order valence-corrected chi connectivity index (χ0v) is 10.1. The van der Waals surface area contributed by atoms with Gasteiger partial charge in [0.2, 0.25) is 0 Å². The second-order valence-electron chi connectivity index (χ2n) is 4.37. The Balaban J connectivity index is 2.61. The molecule has 0 fully saturated rings. The molecular formula is C13H18ClF. The van der Waals surface area contributed by atoms with Gasteiger partial charge in [-0.25, -0.2) is 4.39 Å². The van der Waals surface area contributed by atoms with Crippen LogP contribution in [0.15, 0.2) is 24.3 Å². The standard InChI is InChI=1S/C13H18ClF/c1-10(2)3-4-12(9-14)11-5-7-13(15)8-6-11/h5-8,10,12H,3-4,9H2,1-2H3. The van der Waals surface area contributed by atoms with Gasteiger partial charge < -0.3 is 0 Å². The van der Waals surface area contributed by atoms with Gasteiger partial charge in [0.05, 0.1) is 0 Å². The second kappa shape index (κ2) is 6.12. The molecule has 84 valence electrons. The predicted molar refractivity (Wildman–Crippen MR) is 63.9 cm³/mol. The van der Waals surface area contributed by atoms with E-state index < -0.39 is 0 Å². The molecule has 0 amide bonds. The Hall–Kier alpha value is -0.560. The van der Waals surface area contributed by atoms with Crippen LogP contribution in [-0.2, 0) is 0 Å². The molecule has 0 saturated carbocycles. The highest BCUT2D eigenvalue weighted by Gasteiger charge is 2.10. The molecule has 0 bridgehead atoms. The summed E-state index contributed by atoms with van der Waals surface area (Å²) in [5, 5.41) is 0. The second-order valence-corrected chi connectivity index (χ2v) is 4.68. The van der Waals surface area contributed by atoms with E-state index in [0.717, 1.165) is 18.4 Å². The number of rotatable bonds is 5. The van der Waals surface area contributed by atoms with Crippen LogP contribution in [0.2, 0.25) is 0 Å². The molecule has 15 heavy (non-hydrogen) atoms. The predicted octanol–water partition coefficient (Wildman–Crippen LogP) is 4.58. The van der Waals surface area contributed by atoms with Crippen LogP contribution in [0.5, 0.6) is 0 Å². The Kier molecular flexibility index (Phi) is 5.10. The van der Waals surface area contributed by atoms with Crippen LogP contribution in [0.25, 0.3) is 0 Å². The van der Waals surface area contributed by atoms with E-state index in [1.807, 2.05) is 12.1 Å². The van der Waals surface area contributed by atoms with E-state index in [9.17, 15) is 4.39 Å². The summed E-state index contributed by atoms with van der Waals surface area (Å²) >= 11 is 5.93. The fourth-order valence-electron chi connectivity index (χ4n) is 1.60. The molecular weight excluding hydrogens is 211 g/mol. The average Bonchev–Trinajstić information content (AvgIpc) is 2.21. The number of hydrogen-bond donors (Lipinski definition) is 0. The Labute approximate surface area is 96.5 Å². The van der Waals surface area contributed by atoms with Crippen molar-refractivity contribution in [3.8, 4) is 0 Å². The highest BCUT2D eigenvalue weighted by molar-refractivity contribution is 6.18. The summed E-state index contributed by atoms with van der Waals surface area (Å²) in [5.74, 6) is 1.47. The molecule has 0 N–H and O–H groups in total. The molecule has 2 heteroatoms. The van der Waals surface area contributed by atoms with Gasteiger partial charge in [0, 0.05) is 5.88 Å². The molecule has 1 aromatic carbocycles. The van der Waals surface area contributed by atoms with Gasteiger partial charge in [-0.1, -0.05) is 32.4 Å². The lowest BCUT2D eigenvalue weighted by atomic mass is 9.93. The Morgan fingerprint density at radius 3 is 2.20 bits per heavy atom. The van der Waals surface area contributed by atoms with Crippen molar-refractivity contribution < 1.29 is 4.39 Å². The van der Waals surface area contributed by atoms with Crippen molar-refractivity contribution >= 4 is 11.6 Å². The molecule has 0 saturated heterocycles. The Morgan fingerprint density at radius 2 is 1.73 bits per heavy atom. The largest absolute Gasteiger partial charge is 0.207 e. The van der Waals surface area contributed by atoms with E-state index in [-0.39, 0.29) is 5.82 Å². The summed E-state index contributed by atoms with van der Waals surface area (Å²) in [6.45, 7) is 4.41. The van der Waals surface area contributed by atoms with Gasteiger partial charge in [-0.2, -0.15) is 0 Å². The van der Waals surface area contributed by atoms with Crippen LogP contribution in [0, 0.1) is 11.7 Å². The van der Waals surface area contributed by atoms with Gasteiger partial charge in [-0.15, -0.1) is 11.6 Å². The highest BCUT2D eigenvalue weighted by Crippen LogP contribution is 2.24. The van der Waals surface area contributed by atoms with E-state index in [2.05, 4.69) is 13.8 Å². The molecule has 0 radical (unpaired) electrons. The number of benzene rings is 1. The SMILES string of the molecule is CC(C)CCC(CCl)c1ccc(F)cc1. The zero-order chi connectivity index (χ0) is 11.3. The van der Waals surface area contributed by atoms with Gasteiger partial charge in [0.15, 0.2) is 0 Å². The van der Waals surface area contributed by atoms with Gasteiger partial charge in [0.1, 0.15) is 5.82 Å². The first kappa shape index (κ1) is 12.5. The maximum atomic E-state index is 12.7. The van der Waals surface area contributed by atoms with Crippen molar-refractivity contribution in [2.45, 2.75) is 32.6 Å². The van der Waals surface area contributed by atoms with Crippen molar-refractivity contribution in [1.29, 1.82) is 0 Å². The molecule has 0 aliphatic heterocycles. The Bertz CT molecular complexity index is 279. The summed E-state index contributed by atoms with van der Waals surface area (Å²) in [4.78, 5) is 0.